The van der Waals surface area contributed by atoms with Crippen molar-refractivity contribution in [2.45, 2.75) is 32.4 Å². The zero-order valence-electron chi connectivity index (χ0n) is 15.7. The normalized spacial score (nSPS) is 18.2. The highest BCUT2D eigenvalue weighted by Gasteiger charge is 2.24. The third kappa shape index (κ3) is 4.45. The first-order chi connectivity index (χ1) is 12.0. The predicted molar refractivity (Wildman–Crippen MR) is 102 cm³/mol. The molecule has 0 aliphatic carbocycles. The zero-order chi connectivity index (χ0) is 17.8. The van der Waals surface area contributed by atoms with Gasteiger partial charge in [0.15, 0.2) is 0 Å². The van der Waals surface area contributed by atoms with Gasteiger partial charge in [0.05, 0.1) is 0 Å². The van der Waals surface area contributed by atoms with Gasteiger partial charge in [0.1, 0.15) is 5.82 Å². The number of hydrogen-bond acceptors (Lipinski definition) is 6. The molecule has 0 radical (unpaired) electrons. The van der Waals surface area contributed by atoms with Crippen LogP contribution < -0.4 is 9.80 Å². The van der Waals surface area contributed by atoms with Crippen LogP contribution in [0.2, 0.25) is 0 Å². The highest BCUT2D eigenvalue weighted by atomic mass is 15.3. The molecule has 2 aromatic rings. The van der Waals surface area contributed by atoms with E-state index >= 15 is 0 Å². The van der Waals surface area contributed by atoms with Crippen LogP contribution in [0.1, 0.15) is 24.0 Å². The first-order valence-electron chi connectivity index (χ1n) is 8.89. The van der Waals surface area contributed by atoms with Gasteiger partial charge in [-0.1, -0.05) is 6.07 Å². The van der Waals surface area contributed by atoms with Crippen LogP contribution in [0.5, 0.6) is 0 Å². The molecular weight excluding hydrogens is 312 g/mol. The van der Waals surface area contributed by atoms with Crippen molar-refractivity contribution in [2.75, 3.05) is 44.0 Å². The van der Waals surface area contributed by atoms with Gasteiger partial charge in [-0.2, -0.15) is 4.98 Å². The summed E-state index contributed by atoms with van der Waals surface area (Å²) in [6.07, 6.45) is 8.13. The monoisotopic (exact) mass is 340 g/mol. The fourth-order valence-electron chi connectivity index (χ4n) is 3.39. The first-order valence-corrected chi connectivity index (χ1v) is 8.89. The highest BCUT2D eigenvalue weighted by Crippen LogP contribution is 2.22. The van der Waals surface area contributed by atoms with E-state index in [1.54, 1.807) is 0 Å². The maximum Gasteiger partial charge on any atom is 0.226 e. The number of pyridine rings is 1. The summed E-state index contributed by atoms with van der Waals surface area (Å²) >= 11 is 0. The van der Waals surface area contributed by atoms with Crippen LogP contribution in [-0.4, -0.2) is 60.1 Å². The van der Waals surface area contributed by atoms with E-state index in [4.69, 9.17) is 0 Å². The van der Waals surface area contributed by atoms with Crippen molar-refractivity contribution in [3.05, 3.63) is 41.9 Å². The zero-order valence-corrected chi connectivity index (χ0v) is 15.7. The van der Waals surface area contributed by atoms with Crippen molar-refractivity contribution in [2.24, 2.45) is 0 Å². The van der Waals surface area contributed by atoms with Gasteiger partial charge in [-0.15, -0.1) is 0 Å². The number of aryl methyl sites for hydroxylation is 1. The SMILES string of the molecule is Cc1cncc(CN2CCCC(N(C)c3ccnc(N(C)C)n3)C2)c1. The van der Waals surface area contributed by atoms with Crippen LogP contribution in [0.25, 0.3) is 0 Å². The number of hydrogen-bond donors (Lipinski definition) is 0. The van der Waals surface area contributed by atoms with Crippen molar-refractivity contribution in [1.29, 1.82) is 0 Å². The van der Waals surface area contributed by atoms with Gasteiger partial charge in [-0.05, 0) is 43.5 Å². The number of piperidine rings is 1. The summed E-state index contributed by atoms with van der Waals surface area (Å²) in [5.74, 6) is 1.74. The second kappa shape index (κ2) is 7.78. The Morgan fingerprint density at radius 3 is 2.84 bits per heavy atom. The lowest BCUT2D eigenvalue weighted by molar-refractivity contribution is 0.198. The van der Waals surface area contributed by atoms with Gasteiger partial charge >= 0.3 is 0 Å². The maximum atomic E-state index is 4.68. The molecule has 6 heteroatoms. The van der Waals surface area contributed by atoms with Crippen LogP contribution in [0.15, 0.2) is 30.7 Å². The van der Waals surface area contributed by atoms with E-state index in [0.717, 1.165) is 31.4 Å². The average Bonchev–Trinajstić information content (AvgIpc) is 2.61. The first kappa shape index (κ1) is 17.6. The second-order valence-corrected chi connectivity index (χ2v) is 7.12. The lowest BCUT2D eigenvalue weighted by atomic mass is 10.0. The molecule has 0 spiro atoms. The van der Waals surface area contributed by atoms with E-state index < -0.39 is 0 Å². The van der Waals surface area contributed by atoms with E-state index in [1.807, 2.05) is 43.7 Å². The van der Waals surface area contributed by atoms with E-state index in [1.165, 1.54) is 24.0 Å². The second-order valence-electron chi connectivity index (χ2n) is 7.12. The molecule has 3 heterocycles. The van der Waals surface area contributed by atoms with Gasteiger partial charge < -0.3 is 9.80 Å². The Bertz CT molecular complexity index is 702. The van der Waals surface area contributed by atoms with Crippen molar-refractivity contribution >= 4 is 11.8 Å². The van der Waals surface area contributed by atoms with E-state index in [9.17, 15) is 0 Å². The summed E-state index contributed by atoms with van der Waals surface area (Å²) < 4.78 is 0. The molecule has 0 N–H and O–H groups in total. The Kier molecular flexibility index (Phi) is 5.48. The molecule has 1 aliphatic rings. The fourth-order valence-corrected chi connectivity index (χ4v) is 3.39. The molecule has 0 saturated carbocycles. The summed E-state index contributed by atoms with van der Waals surface area (Å²) in [5.41, 5.74) is 2.51. The minimum atomic E-state index is 0.469. The van der Waals surface area contributed by atoms with Gasteiger partial charge in [0, 0.05) is 58.9 Å². The molecule has 0 aromatic carbocycles. The van der Waals surface area contributed by atoms with Crippen LogP contribution in [0.3, 0.4) is 0 Å². The minimum absolute atomic E-state index is 0.469. The molecule has 1 fully saturated rings. The number of anilines is 2. The Morgan fingerprint density at radius 2 is 2.08 bits per heavy atom. The molecule has 6 nitrogen and oxygen atoms in total. The smallest absolute Gasteiger partial charge is 0.226 e. The Labute approximate surface area is 150 Å². The lowest BCUT2D eigenvalue weighted by Gasteiger charge is -2.38. The number of aromatic nitrogens is 3. The van der Waals surface area contributed by atoms with Crippen molar-refractivity contribution in [3.63, 3.8) is 0 Å². The van der Waals surface area contributed by atoms with Gasteiger partial charge in [0.25, 0.3) is 0 Å². The predicted octanol–water partition coefficient (Wildman–Crippen LogP) is 2.35. The molecule has 1 unspecified atom stereocenters. The molecule has 1 aliphatic heterocycles. The van der Waals surface area contributed by atoms with Crippen LogP contribution >= 0.6 is 0 Å². The third-order valence-electron chi connectivity index (χ3n) is 4.76. The van der Waals surface area contributed by atoms with Crippen molar-refractivity contribution < 1.29 is 0 Å². The summed E-state index contributed by atoms with van der Waals surface area (Å²) in [6, 6.07) is 4.70. The lowest BCUT2D eigenvalue weighted by Crippen LogP contribution is -2.46. The standard InChI is InChI=1S/C19H28N6/c1-15-10-16(12-20-11-15)13-25-9-5-6-17(14-25)24(4)18-7-8-21-19(22-18)23(2)3/h7-8,10-12,17H,5-6,9,13-14H2,1-4H3. The van der Waals surface area contributed by atoms with Gasteiger partial charge in [-0.25, -0.2) is 4.98 Å². The largest absolute Gasteiger partial charge is 0.355 e. The molecule has 3 rings (SSSR count). The molecular formula is C19H28N6. The third-order valence-corrected chi connectivity index (χ3v) is 4.76. The van der Waals surface area contributed by atoms with E-state index in [-0.39, 0.29) is 0 Å². The summed E-state index contributed by atoms with van der Waals surface area (Å²) in [4.78, 5) is 20.1. The Hall–Kier alpha value is -2.21. The number of likely N-dealkylation sites (N-methyl/N-ethyl adjacent to an activating group) is 1. The Balaban J connectivity index is 1.67. The Morgan fingerprint density at radius 1 is 1.24 bits per heavy atom. The van der Waals surface area contributed by atoms with Crippen molar-refractivity contribution in [3.8, 4) is 0 Å². The van der Waals surface area contributed by atoms with Crippen LogP contribution in [0.4, 0.5) is 11.8 Å². The quantitative estimate of drug-likeness (QED) is 0.833. The summed E-state index contributed by atoms with van der Waals surface area (Å²) in [7, 11) is 6.08. The van der Waals surface area contributed by atoms with E-state index in [2.05, 4.69) is 44.8 Å². The topological polar surface area (TPSA) is 48.4 Å². The molecule has 1 saturated heterocycles. The molecule has 0 bridgehead atoms. The van der Waals surface area contributed by atoms with Gasteiger partial charge in [0.2, 0.25) is 5.95 Å². The molecule has 25 heavy (non-hydrogen) atoms. The van der Waals surface area contributed by atoms with E-state index in [0.29, 0.717) is 6.04 Å². The number of rotatable bonds is 5. The molecule has 1 atom stereocenters. The minimum Gasteiger partial charge on any atom is -0.355 e. The van der Waals surface area contributed by atoms with Crippen molar-refractivity contribution in [1.82, 2.24) is 19.9 Å². The summed E-state index contributed by atoms with van der Waals surface area (Å²) in [5, 5.41) is 0. The summed E-state index contributed by atoms with van der Waals surface area (Å²) in [6.45, 7) is 5.25. The molecule has 134 valence electrons. The highest BCUT2D eigenvalue weighted by molar-refractivity contribution is 5.43. The number of likely N-dealkylation sites (tertiary alicyclic amines) is 1. The molecule has 0 amide bonds. The average molecular weight is 340 g/mol. The van der Waals surface area contributed by atoms with Crippen LogP contribution in [0, 0.1) is 6.92 Å². The maximum absolute atomic E-state index is 4.68. The fraction of sp³-hybridized carbons (Fsp3) is 0.526. The number of nitrogens with zero attached hydrogens (tertiary/aromatic N) is 6. The van der Waals surface area contributed by atoms with Gasteiger partial charge in [-0.3, -0.25) is 9.88 Å². The molecule has 2 aromatic heterocycles. The van der Waals surface area contributed by atoms with Crippen LogP contribution in [-0.2, 0) is 6.54 Å².